The molecule has 94 valence electrons. The first-order valence-corrected chi connectivity index (χ1v) is 6.61. The number of aliphatic hydroxyl groups is 1. The van der Waals surface area contributed by atoms with Crippen molar-refractivity contribution in [3.8, 4) is 0 Å². The third-order valence-corrected chi connectivity index (χ3v) is 3.34. The van der Waals surface area contributed by atoms with Crippen LogP contribution in [0.25, 0.3) is 0 Å². The molecular weight excluding hydrogens is 198 g/mol. The maximum atomic E-state index is 9.43. The molecule has 1 aliphatic heterocycles. The first kappa shape index (κ1) is 13.7. The Morgan fingerprint density at radius 3 is 2.56 bits per heavy atom. The van der Waals surface area contributed by atoms with Crippen LogP contribution in [0.15, 0.2) is 11.6 Å². The fraction of sp³-hybridized carbons (Fsp3) is 0.857. The molecular formula is C14H27NO. The highest BCUT2D eigenvalue weighted by Gasteiger charge is 2.17. The van der Waals surface area contributed by atoms with Crippen LogP contribution >= 0.6 is 0 Å². The summed E-state index contributed by atoms with van der Waals surface area (Å²) < 4.78 is 0. The maximum absolute atomic E-state index is 9.43. The highest BCUT2D eigenvalue weighted by Crippen LogP contribution is 2.14. The van der Waals surface area contributed by atoms with Crippen molar-refractivity contribution in [1.29, 1.82) is 0 Å². The lowest BCUT2D eigenvalue weighted by atomic mass is 10.0. The summed E-state index contributed by atoms with van der Waals surface area (Å²) in [6.07, 6.45) is 6.69. The standard InChI is InChI=1S/C14H27NO/c1-12(2)5-4-6-13(3)11-15-9-7-14(16)8-10-15/h5,13-14,16H,4,6-11H2,1-3H3/t13-/m1/s1. The second-order valence-electron chi connectivity index (χ2n) is 5.50. The lowest BCUT2D eigenvalue weighted by Gasteiger charge is -2.31. The second kappa shape index (κ2) is 7.08. The van der Waals surface area contributed by atoms with Gasteiger partial charge in [0.15, 0.2) is 0 Å². The van der Waals surface area contributed by atoms with Crippen LogP contribution < -0.4 is 0 Å². The Morgan fingerprint density at radius 1 is 1.38 bits per heavy atom. The predicted octanol–water partition coefficient (Wildman–Crippen LogP) is 2.83. The van der Waals surface area contributed by atoms with Crippen LogP contribution in [0.3, 0.4) is 0 Å². The van der Waals surface area contributed by atoms with Crippen molar-refractivity contribution in [3.05, 3.63) is 11.6 Å². The van der Waals surface area contributed by atoms with E-state index in [1.165, 1.54) is 25.0 Å². The molecule has 0 unspecified atom stereocenters. The molecule has 2 nitrogen and oxygen atoms in total. The number of allylic oxidation sites excluding steroid dienone is 2. The minimum absolute atomic E-state index is 0.0442. The summed E-state index contributed by atoms with van der Waals surface area (Å²) in [5.41, 5.74) is 1.42. The zero-order chi connectivity index (χ0) is 12.0. The summed E-state index contributed by atoms with van der Waals surface area (Å²) in [7, 11) is 0. The van der Waals surface area contributed by atoms with Crippen LogP contribution in [0.5, 0.6) is 0 Å². The molecule has 1 heterocycles. The minimum atomic E-state index is -0.0442. The quantitative estimate of drug-likeness (QED) is 0.727. The third kappa shape index (κ3) is 5.66. The van der Waals surface area contributed by atoms with Gasteiger partial charge in [-0.3, -0.25) is 0 Å². The molecule has 0 aromatic rings. The van der Waals surface area contributed by atoms with E-state index in [0.29, 0.717) is 0 Å². The highest BCUT2D eigenvalue weighted by atomic mass is 16.3. The SMILES string of the molecule is CC(C)=CCC[C@@H](C)CN1CCC(O)CC1. The summed E-state index contributed by atoms with van der Waals surface area (Å²) in [4.78, 5) is 2.50. The van der Waals surface area contributed by atoms with Crippen molar-refractivity contribution in [2.75, 3.05) is 19.6 Å². The first-order chi connectivity index (χ1) is 7.58. The van der Waals surface area contributed by atoms with Crippen LogP contribution in [-0.2, 0) is 0 Å². The lowest BCUT2D eigenvalue weighted by Crippen LogP contribution is -2.38. The van der Waals surface area contributed by atoms with Gasteiger partial charge in [0.1, 0.15) is 0 Å². The zero-order valence-electron chi connectivity index (χ0n) is 11.1. The Hall–Kier alpha value is -0.340. The third-order valence-electron chi connectivity index (χ3n) is 3.34. The van der Waals surface area contributed by atoms with Crippen molar-refractivity contribution in [2.45, 2.75) is 52.6 Å². The normalized spacial score (nSPS) is 20.8. The van der Waals surface area contributed by atoms with Gasteiger partial charge in [-0.25, -0.2) is 0 Å². The Labute approximate surface area is 100 Å². The minimum Gasteiger partial charge on any atom is -0.393 e. The monoisotopic (exact) mass is 225 g/mol. The smallest absolute Gasteiger partial charge is 0.0564 e. The lowest BCUT2D eigenvalue weighted by molar-refractivity contribution is 0.0754. The number of piperidine rings is 1. The number of likely N-dealkylation sites (tertiary alicyclic amines) is 1. The van der Waals surface area contributed by atoms with Crippen LogP contribution in [0.4, 0.5) is 0 Å². The first-order valence-electron chi connectivity index (χ1n) is 6.61. The van der Waals surface area contributed by atoms with Gasteiger partial charge in [-0.05, 0) is 45.4 Å². The molecule has 0 amide bonds. The molecule has 0 aromatic carbocycles. The topological polar surface area (TPSA) is 23.5 Å². The summed E-state index contributed by atoms with van der Waals surface area (Å²) in [5, 5.41) is 9.43. The van der Waals surface area contributed by atoms with E-state index >= 15 is 0 Å². The van der Waals surface area contributed by atoms with Gasteiger partial charge in [0.25, 0.3) is 0 Å². The van der Waals surface area contributed by atoms with Crippen LogP contribution in [-0.4, -0.2) is 35.7 Å². The molecule has 1 fully saturated rings. The summed E-state index contributed by atoms with van der Waals surface area (Å²) in [6, 6.07) is 0. The fourth-order valence-corrected chi connectivity index (χ4v) is 2.29. The molecule has 0 aliphatic carbocycles. The van der Waals surface area contributed by atoms with Gasteiger partial charge in [0.2, 0.25) is 0 Å². The van der Waals surface area contributed by atoms with Gasteiger partial charge in [0.05, 0.1) is 6.10 Å². The Bertz CT molecular complexity index is 213. The number of hydrogen-bond donors (Lipinski definition) is 1. The van der Waals surface area contributed by atoms with E-state index in [-0.39, 0.29) is 6.10 Å². The number of hydrogen-bond acceptors (Lipinski definition) is 2. The molecule has 1 N–H and O–H groups in total. The summed E-state index contributed by atoms with van der Waals surface area (Å²) in [6.45, 7) is 10.0. The molecule has 1 rings (SSSR count). The summed E-state index contributed by atoms with van der Waals surface area (Å²) >= 11 is 0. The van der Waals surface area contributed by atoms with Gasteiger partial charge in [-0.2, -0.15) is 0 Å². The molecule has 0 spiro atoms. The number of rotatable bonds is 5. The highest BCUT2D eigenvalue weighted by molar-refractivity contribution is 4.92. The Balaban J connectivity index is 2.14. The molecule has 1 atom stereocenters. The van der Waals surface area contributed by atoms with Crippen LogP contribution in [0, 0.1) is 5.92 Å². The van der Waals surface area contributed by atoms with Gasteiger partial charge in [-0.15, -0.1) is 0 Å². The average Bonchev–Trinajstić information content (AvgIpc) is 2.21. The van der Waals surface area contributed by atoms with Crippen molar-refractivity contribution < 1.29 is 5.11 Å². The molecule has 1 aliphatic rings. The van der Waals surface area contributed by atoms with E-state index in [1.807, 2.05) is 0 Å². The summed E-state index contributed by atoms with van der Waals surface area (Å²) in [5.74, 6) is 0.769. The van der Waals surface area contributed by atoms with E-state index in [0.717, 1.165) is 31.8 Å². The Morgan fingerprint density at radius 2 is 2.00 bits per heavy atom. The fourth-order valence-electron chi connectivity index (χ4n) is 2.29. The predicted molar refractivity (Wildman–Crippen MR) is 69.5 cm³/mol. The largest absolute Gasteiger partial charge is 0.393 e. The maximum Gasteiger partial charge on any atom is 0.0564 e. The van der Waals surface area contributed by atoms with E-state index in [2.05, 4.69) is 31.7 Å². The molecule has 0 aromatic heterocycles. The van der Waals surface area contributed by atoms with Gasteiger partial charge in [-0.1, -0.05) is 18.6 Å². The van der Waals surface area contributed by atoms with E-state index < -0.39 is 0 Å². The number of aliphatic hydroxyl groups excluding tert-OH is 1. The van der Waals surface area contributed by atoms with Gasteiger partial charge < -0.3 is 10.0 Å². The molecule has 16 heavy (non-hydrogen) atoms. The van der Waals surface area contributed by atoms with Crippen molar-refractivity contribution in [3.63, 3.8) is 0 Å². The van der Waals surface area contributed by atoms with Gasteiger partial charge in [0, 0.05) is 19.6 Å². The van der Waals surface area contributed by atoms with Crippen molar-refractivity contribution in [1.82, 2.24) is 4.90 Å². The van der Waals surface area contributed by atoms with Gasteiger partial charge >= 0.3 is 0 Å². The molecule has 0 saturated carbocycles. The van der Waals surface area contributed by atoms with Crippen LogP contribution in [0.1, 0.15) is 46.5 Å². The zero-order valence-corrected chi connectivity index (χ0v) is 11.1. The second-order valence-corrected chi connectivity index (χ2v) is 5.50. The van der Waals surface area contributed by atoms with Crippen molar-refractivity contribution in [2.24, 2.45) is 5.92 Å². The average molecular weight is 225 g/mol. The van der Waals surface area contributed by atoms with Crippen LogP contribution in [0.2, 0.25) is 0 Å². The molecule has 0 bridgehead atoms. The number of nitrogens with zero attached hydrogens (tertiary/aromatic N) is 1. The van der Waals surface area contributed by atoms with E-state index in [4.69, 9.17) is 0 Å². The molecule has 1 saturated heterocycles. The van der Waals surface area contributed by atoms with Crippen molar-refractivity contribution >= 4 is 0 Å². The van der Waals surface area contributed by atoms with E-state index in [9.17, 15) is 5.11 Å². The molecule has 0 radical (unpaired) electrons. The van der Waals surface area contributed by atoms with E-state index in [1.54, 1.807) is 0 Å². The Kier molecular flexibility index (Phi) is 6.07. The molecule has 2 heteroatoms.